The molecule has 0 aliphatic carbocycles. The maximum atomic E-state index is 9.53. The van der Waals surface area contributed by atoms with Crippen molar-refractivity contribution in [3.8, 4) is 17.2 Å². The van der Waals surface area contributed by atoms with E-state index >= 15 is 0 Å². The fraction of sp³-hybridized carbons (Fsp3) is 0.250. The Morgan fingerprint density at radius 3 is 2.30 bits per heavy atom. The third-order valence-electron chi connectivity index (χ3n) is 2.80. The first-order valence-corrected chi connectivity index (χ1v) is 7.27. The molecule has 1 atom stereocenters. The second-order valence-corrected chi connectivity index (χ2v) is 5.23. The van der Waals surface area contributed by atoms with Gasteiger partial charge in [-0.05, 0) is 71.7 Å². The predicted octanol–water partition coefficient (Wildman–Crippen LogP) is 4.69. The van der Waals surface area contributed by atoms with Crippen molar-refractivity contribution in [2.45, 2.75) is 20.0 Å². The molecule has 0 aliphatic heterocycles. The molecule has 106 valence electrons. The zero-order valence-corrected chi connectivity index (χ0v) is 13.1. The highest BCUT2D eigenvalue weighted by Gasteiger charge is 2.07. The molecule has 0 saturated carbocycles. The fourth-order valence-electron chi connectivity index (χ4n) is 1.76. The maximum Gasteiger partial charge on any atom is 0.141 e. The third-order valence-corrected chi connectivity index (χ3v) is 3.42. The lowest BCUT2D eigenvalue weighted by Crippen LogP contribution is -1.93. The topological polar surface area (TPSA) is 38.7 Å². The van der Waals surface area contributed by atoms with E-state index in [1.807, 2.05) is 49.4 Å². The normalized spacial score (nSPS) is 12.0. The van der Waals surface area contributed by atoms with Gasteiger partial charge in [0, 0.05) is 0 Å². The predicted molar refractivity (Wildman–Crippen MR) is 82.5 cm³/mol. The van der Waals surface area contributed by atoms with Crippen LogP contribution in [-0.2, 0) is 0 Å². The Hall–Kier alpha value is -1.52. The van der Waals surface area contributed by atoms with E-state index in [1.54, 1.807) is 6.92 Å². The van der Waals surface area contributed by atoms with Gasteiger partial charge in [0.25, 0.3) is 0 Å². The molecule has 1 N–H and O–H groups in total. The van der Waals surface area contributed by atoms with Gasteiger partial charge in [-0.2, -0.15) is 0 Å². The fourth-order valence-corrected chi connectivity index (χ4v) is 2.23. The van der Waals surface area contributed by atoms with Crippen molar-refractivity contribution in [1.82, 2.24) is 0 Å². The Morgan fingerprint density at radius 2 is 1.75 bits per heavy atom. The second-order valence-electron chi connectivity index (χ2n) is 4.37. The van der Waals surface area contributed by atoms with Crippen LogP contribution in [0.5, 0.6) is 17.2 Å². The van der Waals surface area contributed by atoms with Crippen LogP contribution in [0.3, 0.4) is 0 Å². The van der Waals surface area contributed by atoms with E-state index in [4.69, 9.17) is 9.47 Å². The molecular formula is C16H17BrO3. The first-order valence-electron chi connectivity index (χ1n) is 6.48. The van der Waals surface area contributed by atoms with Crippen LogP contribution >= 0.6 is 15.9 Å². The number of rotatable bonds is 5. The molecule has 0 aliphatic rings. The Morgan fingerprint density at radius 1 is 1.10 bits per heavy atom. The lowest BCUT2D eigenvalue weighted by molar-refractivity contribution is 0.199. The lowest BCUT2D eigenvalue weighted by atomic mass is 10.1. The van der Waals surface area contributed by atoms with Crippen LogP contribution < -0.4 is 9.47 Å². The minimum Gasteiger partial charge on any atom is -0.494 e. The summed E-state index contributed by atoms with van der Waals surface area (Å²) in [5, 5.41) is 9.53. The van der Waals surface area contributed by atoms with Gasteiger partial charge < -0.3 is 14.6 Å². The van der Waals surface area contributed by atoms with Gasteiger partial charge in [0.1, 0.15) is 17.2 Å². The highest BCUT2D eigenvalue weighted by molar-refractivity contribution is 9.10. The van der Waals surface area contributed by atoms with E-state index in [0.29, 0.717) is 12.4 Å². The lowest BCUT2D eigenvalue weighted by Gasteiger charge is -2.11. The molecular weight excluding hydrogens is 320 g/mol. The van der Waals surface area contributed by atoms with Crippen molar-refractivity contribution in [1.29, 1.82) is 0 Å². The molecule has 0 aromatic heterocycles. The molecule has 4 heteroatoms. The molecule has 0 fully saturated rings. The molecule has 2 aromatic rings. The highest BCUT2D eigenvalue weighted by Crippen LogP contribution is 2.32. The van der Waals surface area contributed by atoms with E-state index in [0.717, 1.165) is 21.5 Å². The summed E-state index contributed by atoms with van der Waals surface area (Å²) in [6, 6.07) is 13.0. The average molecular weight is 337 g/mol. The van der Waals surface area contributed by atoms with Crippen LogP contribution in [0.1, 0.15) is 25.5 Å². The summed E-state index contributed by atoms with van der Waals surface area (Å²) in [5.74, 6) is 2.26. The number of hydrogen-bond donors (Lipinski definition) is 1. The SMILES string of the molecule is CCOc1ccc(Oc2ccc([C@@H](C)O)cc2Br)cc1. The van der Waals surface area contributed by atoms with Gasteiger partial charge in [-0.3, -0.25) is 0 Å². The van der Waals surface area contributed by atoms with Gasteiger partial charge in [0.15, 0.2) is 0 Å². The molecule has 0 radical (unpaired) electrons. The third kappa shape index (κ3) is 3.74. The molecule has 0 bridgehead atoms. The second kappa shape index (κ2) is 6.77. The van der Waals surface area contributed by atoms with E-state index in [-0.39, 0.29) is 0 Å². The van der Waals surface area contributed by atoms with Crippen LogP contribution in [0.4, 0.5) is 0 Å². The van der Waals surface area contributed by atoms with Gasteiger partial charge in [0.05, 0.1) is 17.2 Å². The number of ether oxygens (including phenoxy) is 2. The van der Waals surface area contributed by atoms with Gasteiger partial charge in [0.2, 0.25) is 0 Å². The van der Waals surface area contributed by atoms with Gasteiger partial charge >= 0.3 is 0 Å². The van der Waals surface area contributed by atoms with Crippen molar-refractivity contribution < 1.29 is 14.6 Å². The summed E-state index contributed by atoms with van der Waals surface area (Å²) < 4.78 is 12.0. The van der Waals surface area contributed by atoms with E-state index in [9.17, 15) is 5.11 Å². The van der Waals surface area contributed by atoms with Crippen molar-refractivity contribution in [2.24, 2.45) is 0 Å². The molecule has 0 heterocycles. The largest absolute Gasteiger partial charge is 0.494 e. The summed E-state index contributed by atoms with van der Waals surface area (Å²) in [4.78, 5) is 0. The van der Waals surface area contributed by atoms with E-state index in [2.05, 4.69) is 15.9 Å². The highest BCUT2D eigenvalue weighted by atomic mass is 79.9. The van der Waals surface area contributed by atoms with Crippen molar-refractivity contribution in [3.63, 3.8) is 0 Å². The monoisotopic (exact) mass is 336 g/mol. The average Bonchev–Trinajstić information content (AvgIpc) is 2.43. The van der Waals surface area contributed by atoms with Crippen LogP contribution in [0.2, 0.25) is 0 Å². The number of aliphatic hydroxyl groups excluding tert-OH is 1. The molecule has 2 aromatic carbocycles. The number of benzene rings is 2. The Bertz CT molecular complexity index is 564. The van der Waals surface area contributed by atoms with Crippen molar-refractivity contribution >= 4 is 15.9 Å². The first-order chi connectivity index (χ1) is 9.60. The van der Waals surface area contributed by atoms with Crippen LogP contribution in [-0.4, -0.2) is 11.7 Å². The standard InChI is InChI=1S/C16H17BrO3/c1-3-19-13-5-7-14(8-6-13)20-16-9-4-12(11(2)18)10-15(16)17/h4-11,18H,3H2,1-2H3/t11-/m1/s1. The van der Waals surface area contributed by atoms with Crippen LogP contribution in [0.15, 0.2) is 46.9 Å². The Balaban J connectivity index is 2.13. The maximum absolute atomic E-state index is 9.53. The molecule has 0 amide bonds. The van der Waals surface area contributed by atoms with Gasteiger partial charge in [-0.25, -0.2) is 0 Å². The number of hydrogen-bond acceptors (Lipinski definition) is 3. The summed E-state index contributed by atoms with van der Waals surface area (Å²) in [5.41, 5.74) is 0.843. The van der Waals surface area contributed by atoms with Crippen molar-refractivity contribution in [2.75, 3.05) is 6.61 Å². The summed E-state index contributed by atoms with van der Waals surface area (Å²) in [6.07, 6.45) is -0.495. The Labute approximate surface area is 127 Å². The zero-order chi connectivity index (χ0) is 14.5. The molecule has 2 rings (SSSR count). The summed E-state index contributed by atoms with van der Waals surface area (Å²) in [7, 11) is 0. The quantitative estimate of drug-likeness (QED) is 0.860. The Kier molecular flexibility index (Phi) is 5.04. The molecule has 0 saturated heterocycles. The zero-order valence-electron chi connectivity index (χ0n) is 11.5. The first kappa shape index (κ1) is 14.9. The summed E-state index contributed by atoms with van der Waals surface area (Å²) >= 11 is 3.45. The van der Waals surface area contributed by atoms with Gasteiger partial charge in [-0.1, -0.05) is 6.07 Å². The van der Waals surface area contributed by atoms with Gasteiger partial charge in [-0.15, -0.1) is 0 Å². The minimum atomic E-state index is -0.495. The van der Waals surface area contributed by atoms with E-state index in [1.165, 1.54) is 0 Å². The molecule has 0 spiro atoms. The molecule has 0 unspecified atom stereocenters. The smallest absolute Gasteiger partial charge is 0.141 e. The van der Waals surface area contributed by atoms with E-state index < -0.39 is 6.10 Å². The molecule has 3 nitrogen and oxygen atoms in total. The van der Waals surface area contributed by atoms with Crippen LogP contribution in [0, 0.1) is 0 Å². The summed E-state index contributed by atoms with van der Waals surface area (Å²) in [6.45, 7) is 4.33. The number of halogens is 1. The van der Waals surface area contributed by atoms with Crippen molar-refractivity contribution in [3.05, 3.63) is 52.5 Å². The minimum absolute atomic E-state index is 0.495. The number of aliphatic hydroxyl groups is 1. The molecule has 20 heavy (non-hydrogen) atoms. The van der Waals surface area contributed by atoms with Crippen LogP contribution in [0.25, 0.3) is 0 Å².